The number of nitrogens with one attached hydrogen (secondary N) is 1. The first-order valence-electron chi connectivity index (χ1n) is 9.52. The van der Waals surface area contributed by atoms with Crippen LogP contribution in [0, 0.1) is 5.82 Å². The van der Waals surface area contributed by atoms with Gasteiger partial charge in [-0.05, 0) is 48.9 Å². The third-order valence-electron chi connectivity index (χ3n) is 4.74. The highest BCUT2D eigenvalue weighted by Gasteiger charge is 2.20. The monoisotopic (exact) mass is 419 g/mol. The number of primary sulfonamides is 1. The topological polar surface area (TPSA) is 91.0 Å². The molecule has 2 aromatic rings. The van der Waals surface area contributed by atoms with Gasteiger partial charge in [0, 0.05) is 38.4 Å². The summed E-state index contributed by atoms with van der Waals surface area (Å²) in [5.74, 6) is 0.549. The molecule has 0 radical (unpaired) electrons. The lowest BCUT2D eigenvalue weighted by molar-refractivity contribution is 0.372. The van der Waals surface area contributed by atoms with E-state index in [4.69, 9.17) is 5.14 Å². The van der Waals surface area contributed by atoms with Crippen molar-refractivity contribution in [2.75, 3.05) is 37.6 Å². The van der Waals surface area contributed by atoms with E-state index < -0.39 is 10.0 Å². The Bertz CT molecular complexity index is 955. The summed E-state index contributed by atoms with van der Waals surface area (Å²) < 4.78 is 36.2. The quantitative estimate of drug-likeness (QED) is 0.569. The van der Waals surface area contributed by atoms with E-state index in [-0.39, 0.29) is 10.7 Å². The van der Waals surface area contributed by atoms with Crippen LogP contribution in [0.5, 0.6) is 0 Å². The number of aliphatic imine (C=N–C) groups is 1. The second kappa shape index (κ2) is 9.23. The van der Waals surface area contributed by atoms with Gasteiger partial charge in [0.2, 0.25) is 10.0 Å². The number of nitrogens with two attached hydrogens (primary N) is 1. The van der Waals surface area contributed by atoms with Gasteiger partial charge in [0.05, 0.1) is 11.4 Å². The molecular weight excluding hydrogens is 393 g/mol. The molecule has 0 spiro atoms. The SMILES string of the molecule is CCNC(=NCc1cccc(S(N)(=O)=O)c1)N1CCN(c2ccc(F)cc2)CC1. The zero-order valence-corrected chi connectivity index (χ0v) is 17.2. The minimum absolute atomic E-state index is 0.0862. The molecule has 1 saturated heterocycles. The Labute approximate surface area is 171 Å². The minimum atomic E-state index is -3.73. The van der Waals surface area contributed by atoms with Gasteiger partial charge in [-0.1, -0.05) is 12.1 Å². The van der Waals surface area contributed by atoms with Gasteiger partial charge in [-0.2, -0.15) is 0 Å². The lowest BCUT2D eigenvalue weighted by atomic mass is 10.2. The van der Waals surface area contributed by atoms with E-state index in [1.165, 1.54) is 18.2 Å². The summed E-state index contributed by atoms with van der Waals surface area (Å²) in [6, 6.07) is 13.1. The molecule has 0 saturated carbocycles. The van der Waals surface area contributed by atoms with Crippen LogP contribution in [0.1, 0.15) is 12.5 Å². The maximum atomic E-state index is 13.1. The third kappa shape index (κ3) is 5.68. The Balaban J connectivity index is 1.66. The van der Waals surface area contributed by atoms with E-state index in [1.54, 1.807) is 24.3 Å². The number of anilines is 1. The van der Waals surface area contributed by atoms with Crippen molar-refractivity contribution in [3.05, 3.63) is 59.9 Å². The fraction of sp³-hybridized carbons (Fsp3) is 0.350. The lowest BCUT2D eigenvalue weighted by Gasteiger charge is -2.37. The highest BCUT2D eigenvalue weighted by atomic mass is 32.2. The molecule has 29 heavy (non-hydrogen) atoms. The van der Waals surface area contributed by atoms with Crippen LogP contribution in [-0.4, -0.2) is 52.0 Å². The van der Waals surface area contributed by atoms with Crippen LogP contribution in [0.15, 0.2) is 58.4 Å². The predicted molar refractivity (Wildman–Crippen MR) is 113 cm³/mol. The van der Waals surface area contributed by atoms with Crippen LogP contribution < -0.4 is 15.4 Å². The van der Waals surface area contributed by atoms with Crippen LogP contribution >= 0.6 is 0 Å². The summed E-state index contributed by atoms with van der Waals surface area (Å²) in [6.07, 6.45) is 0. The van der Waals surface area contributed by atoms with Crippen molar-refractivity contribution in [1.29, 1.82) is 0 Å². The van der Waals surface area contributed by atoms with Crippen molar-refractivity contribution in [3.63, 3.8) is 0 Å². The van der Waals surface area contributed by atoms with Gasteiger partial charge in [0.25, 0.3) is 0 Å². The Morgan fingerprint density at radius 3 is 2.45 bits per heavy atom. The van der Waals surface area contributed by atoms with Crippen molar-refractivity contribution in [3.8, 4) is 0 Å². The lowest BCUT2D eigenvalue weighted by Crippen LogP contribution is -2.52. The van der Waals surface area contributed by atoms with E-state index in [2.05, 4.69) is 20.1 Å². The highest BCUT2D eigenvalue weighted by Crippen LogP contribution is 2.17. The first-order chi connectivity index (χ1) is 13.9. The summed E-state index contributed by atoms with van der Waals surface area (Å²) in [5.41, 5.74) is 1.78. The molecule has 0 unspecified atom stereocenters. The molecule has 1 aliphatic heterocycles. The summed E-state index contributed by atoms with van der Waals surface area (Å²) >= 11 is 0. The number of guanidine groups is 1. The number of halogens is 1. The number of rotatable bonds is 5. The highest BCUT2D eigenvalue weighted by molar-refractivity contribution is 7.89. The van der Waals surface area contributed by atoms with E-state index >= 15 is 0 Å². The van der Waals surface area contributed by atoms with Crippen molar-refractivity contribution in [1.82, 2.24) is 10.2 Å². The number of hydrogen-bond acceptors (Lipinski definition) is 4. The van der Waals surface area contributed by atoms with E-state index in [9.17, 15) is 12.8 Å². The first kappa shape index (κ1) is 21.1. The van der Waals surface area contributed by atoms with Crippen molar-refractivity contribution < 1.29 is 12.8 Å². The number of piperazine rings is 1. The molecule has 156 valence electrons. The maximum absolute atomic E-state index is 13.1. The fourth-order valence-corrected chi connectivity index (χ4v) is 3.83. The van der Waals surface area contributed by atoms with Gasteiger partial charge in [-0.25, -0.2) is 22.9 Å². The molecule has 7 nitrogen and oxygen atoms in total. The second-order valence-corrected chi connectivity index (χ2v) is 8.37. The molecule has 0 bridgehead atoms. The molecule has 2 aromatic carbocycles. The normalized spacial score (nSPS) is 15.5. The number of sulfonamides is 1. The Hall–Kier alpha value is -2.65. The Morgan fingerprint density at radius 1 is 1.14 bits per heavy atom. The number of nitrogens with zero attached hydrogens (tertiary/aromatic N) is 3. The summed E-state index contributed by atoms with van der Waals surface area (Å²) in [4.78, 5) is 9.14. The van der Waals surface area contributed by atoms with Crippen molar-refractivity contribution in [2.45, 2.75) is 18.4 Å². The molecule has 1 aliphatic rings. The molecule has 3 rings (SSSR count). The summed E-state index contributed by atoms with van der Waals surface area (Å²) in [6.45, 7) is 6.25. The van der Waals surface area contributed by atoms with Crippen LogP contribution in [-0.2, 0) is 16.6 Å². The average Bonchev–Trinajstić information content (AvgIpc) is 2.71. The van der Waals surface area contributed by atoms with E-state index in [1.807, 2.05) is 13.0 Å². The second-order valence-electron chi connectivity index (χ2n) is 6.81. The fourth-order valence-electron chi connectivity index (χ4n) is 3.24. The van der Waals surface area contributed by atoms with E-state index in [0.717, 1.165) is 49.9 Å². The average molecular weight is 420 g/mol. The van der Waals surface area contributed by atoms with Gasteiger partial charge >= 0.3 is 0 Å². The molecular formula is C20H26FN5O2S. The molecule has 9 heteroatoms. The zero-order chi connectivity index (χ0) is 20.9. The first-order valence-corrected chi connectivity index (χ1v) is 11.1. The molecule has 1 heterocycles. The molecule has 1 fully saturated rings. The number of benzene rings is 2. The van der Waals surface area contributed by atoms with Gasteiger partial charge in [-0.15, -0.1) is 0 Å². The predicted octanol–water partition coefficient (Wildman–Crippen LogP) is 1.76. The van der Waals surface area contributed by atoms with Crippen LogP contribution in [0.3, 0.4) is 0 Å². The van der Waals surface area contributed by atoms with Crippen molar-refractivity contribution in [2.24, 2.45) is 10.1 Å². The van der Waals surface area contributed by atoms with Crippen molar-refractivity contribution >= 4 is 21.7 Å². The Morgan fingerprint density at radius 2 is 1.83 bits per heavy atom. The van der Waals surface area contributed by atoms with Crippen LogP contribution in [0.2, 0.25) is 0 Å². The van der Waals surface area contributed by atoms with Gasteiger partial charge in [-0.3, -0.25) is 0 Å². The zero-order valence-electron chi connectivity index (χ0n) is 16.4. The Kier molecular flexibility index (Phi) is 6.71. The molecule has 0 aromatic heterocycles. The molecule has 0 aliphatic carbocycles. The third-order valence-corrected chi connectivity index (χ3v) is 5.66. The number of hydrogen-bond donors (Lipinski definition) is 2. The largest absolute Gasteiger partial charge is 0.368 e. The van der Waals surface area contributed by atoms with Gasteiger partial charge in [0.15, 0.2) is 5.96 Å². The van der Waals surface area contributed by atoms with Crippen LogP contribution in [0.25, 0.3) is 0 Å². The van der Waals surface area contributed by atoms with E-state index in [0.29, 0.717) is 6.54 Å². The minimum Gasteiger partial charge on any atom is -0.368 e. The van der Waals surface area contributed by atoms with Gasteiger partial charge in [0.1, 0.15) is 5.82 Å². The maximum Gasteiger partial charge on any atom is 0.238 e. The van der Waals surface area contributed by atoms with Gasteiger partial charge < -0.3 is 15.1 Å². The standard InChI is InChI=1S/C20H26FN5O2S/c1-2-23-20(24-15-16-4-3-5-19(14-16)29(22,27)28)26-12-10-25(11-13-26)18-8-6-17(21)7-9-18/h3-9,14H,2,10-13,15H2,1H3,(H,23,24)(H2,22,27,28). The molecule has 3 N–H and O–H groups in total. The summed E-state index contributed by atoms with van der Waals surface area (Å²) in [7, 11) is -3.73. The molecule has 0 atom stereocenters. The van der Waals surface area contributed by atoms with Crippen LogP contribution in [0.4, 0.5) is 10.1 Å². The summed E-state index contributed by atoms with van der Waals surface area (Å²) in [5, 5.41) is 8.50. The molecule has 0 amide bonds. The smallest absolute Gasteiger partial charge is 0.238 e.